The third-order valence-corrected chi connectivity index (χ3v) is 4.04. The highest BCUT2D eigenvalue weighted by molar-refractivity contribution is 5.79. The van der Waals surface area contributed by atoms with E-state index in [1.165, 1.54) is 0 Å². The third-order valence-electron chi connectivity index (χ3n) is 4.04. The number of nitrogens with one attached hydrogen (secondary N) is 1. The van der Waals surface area contributed by atoms with Crippen molar-refractivity contribution >= 4 is 5.91 Å². The first kappa shape index (κ1) is 16.5. The molecule has 0 radical (unpaired) electrons. The molecule has 3 N–H and O–H groups in total. The van der Waals surface area contributed by atoms with Crippen molar-refractivity contribution in [2.24, 2.45) is 23.0 Å². The zero-order valence-corrected chi connectivity index (χ0v) is 13.5. The van der Waals surface area contributed by atoms with Crippen molar-refractivity contribution in [1.29, 1.82) is 0 Å². The summed E-state index contributed by atoms with van der Waals surface area (Å²) in [4.78, 5) is 12.4. The summed E-state index contributed by atoms with van der Waals surface area (Å²) in [6, 6.07) is 0.270. The Morgan fingerprint density at radius 1 is 1.21 bits per heavy atom. The molecule has 1 saturated carbocycles. The molecule has 1 aliphatic rings. The molecule has 19 heavy (non-hydrogen) atoms. The second-order valence-electron chi connectivity index (χ2n) is 8.26. The number of rotatable bonds is 3. The first-order chi connectivity index (χ1) is 8.50. The van der Waals surface area contributed by atoms with Gasteiger partial charge in [0.25, 0.3) is 0 Å². The maximum absolute atomic E-state index is 12.4. The molecule has 0 saturated heterocycles. The van der Waals surface area contributed by atoms with E-state index >= 15 is 0 Å². The molecular formula is C16H32N2O. The predicted molar refractivity (Wildman–Crippen MR) is 80.8 cm³/mol. The Morgan fingerprint density at radius 3 is 2.26 bits per heavy atom. The van der Waals surface area contributed by atoms with Crippen molar-refractivity contribution in [3.05, 3.63) is 0 Å². The average molecular weight is 268 g/mol. The Balaban J connectivity index is 2.55. The van der Waals surface area contributed by atoms with Crippen LogP contribution in [-0.2, 0) is 4.79 Å². The number of nitrogens with two attached hydrogens (primary N) is 1. The maximum Gasteiger partial charge on any atom is 0.223 e. The number of amides is 1. The molecule has 1 rings (SSSR count). The second-order valence-corrected chi connectivity index (χ2v) is 8.26. The fourth-order valence-electron chi connectivity index (χ4n) is 3.46. The van der Waals surface area contributed by atoms with Crippen molar-refractivity contribution in [3.8, 4) is 0 Å². The number of carbonyl (C=O) groups excluding carboxylic acids is 1. The Hall–Kier alpha value is -0.570. The molecule has 0 spiro atoms. The highest BCUT2D eigenvalue weighted by Gasteiger charge is 2.33. The first-order valence-electron chi connectivity index (χ1n) is 7.58. The Labute approximate surface area is 118 Å². The minimum Gasteiger partial charge on any atom is -0.351 e. The molecule has 1 fully saturated rings. The van der Waals surface area contributed by atoms with E-state index in [1.54, 1.807) is 0 Å². The van der Waals surface area contributed by atoms with Crippen LogP contribution in [0.2, 0.25) is 0 Å². The van der Waals surface area contributed by atoms with Crippen LogP contribution in [0.1, 0.15) is 67.2 Å². The molecule has 3 heteroatoms. The SMILES string of the molecule is CC1CC(C(=O)NC(C)(C)CC(C)(C)C)CCC1N. The van der Waals surface area contributed by atoms with Crippen LogP contribution < -0.4 is 11.1 Å². The zero-order chi connectivity index (χ0) is 14.8. The minimum atomic E-state index is -0.141. The van der Waals surface area contributed by atoms with E-state index in [0.29, 0.717) is 5.92 Å². The van der Waals surface area contributed by atoms with Gasteiger partial charge in [-0.1, -0.05) is 27.7 Å². The summed E-state index contributed by atoms with van der Waals surface area (Å²) in [5, 5.41) is 3.24. The van der Waals surface area contributed by atoms with Gasteiger partial charge in [-0.25, -0.2) is 0 Å². The molecule has 3 nitrogen and oxygen atoms in total. The lowest BCUT2D eigenvalue weighted by atomic mass is 9.77. The summed E-state index contributed by atoms with van der Waals surface area (Å²) < 4.78 is 0. The van der Waals surface area contributed by atoms with Crippen LogP contribution in [-0.4, -0.2) is 17.5 Å². The molecule has 112 valence electrons. The van der Waals surface area contributed by atoms with Gasteiger partial charge in [-0.3, -0.25) is 4.79 Å². The summed E-state index contributed by atoms with van der Waals surface area (Å²) in [5.41, 5.74) is 6.10. The largest absolute Gasteiger partial charge is 0.351 e. The van der Waals surface area contributed by atoms with Crippen molar-refractivity contribution < 1.29 is 4.79 Å². The summed E-state index contributed by atoms with van der Waals surface area (Å²) in [7, 11) is 0. The van der Waals surface area contributed by atoms with E-state index in [2.05, 4.69) is 46.9 Å². The van der Waals surface area contributed by atoms with Gasteiger partial charge in [0, 0.05) is 17.5 Å². The maximum atomic E-state index is 12.4. The van der Waals surface area contributed by atoms with E-state index in [9.17, 15) is 4.79 Å². The molecule has 1 amide bonds. The first-order valence-corrected chi connectivity index (χ1v) is 7.58. The van der Waals surface area contributed by atoms with Crippen LogP contribution in [0.15, 0.2) is 0 Å². The molecule has 0 aromatic heterocycles. The molecule has 0 aromatic carbocycles. The quantitative estimate of drug-likeness (QED) is 0.826. The Morgan fingerprint density at radius 2 is 1.79 bits per heavy atom. The lowest BCUT2D eigenvalue weighted by Crippen LogP contribution is -2.49. The molecule has 0 aliphatic heterocycles. The van der Waals surface area contributed by atoms with Crippen LogP contribution in [0.4, 0.5) is 0 Å². The molecule has 0 aromatic rings. The van der Waals surface area contributed by atoms with E-state index < -0.39 is 0 Å². The van der Waals surface area contributed by atoms with Gasteiger partial charge in [-0.05, 0) is 50.9 Å². The lowest BCUT2D eigenvalue weighted by Gasteiger charge is -2.37. The van der Waals surface area contributed by atoms with Crippen molar-refractivity contribution in [3.63, 3.8) is 0 Å². The number of hydrogen-bond donors (Lipinski definition) is 2. The van der Waals surface area contributed by atoms with Crippen LogP contribution in [0.25, 0.3) is 0 Å². The van der Waals surface area contributed by atoms with Gasteiger partial charge >= 0.3 is 0 Å². The average Bonchev–Trinajstić information content (AvgIpc) is 2.17. The van der Waals surface area contributed by atoms with E-state index in [4.69, 9.17) is 5.73 Å². The van der Waals surface area contributed by atoms with E-state index in [1.807, 2.05) is 0 Å². The van der Waals surface area contributed by atoms with Gasteiger partial charge < -0.3 is 11.1 Å². The van der Waals surface area contributed by atoms with Gasteiger partial charge in [0.05, 0.1) is 0 Å². The Kier molecular flexibility index (Phi) is 5.05. The minimum absolute atomic E-state index is 0.141. The van der Waals surface area contributed by atoms with Crippen LogP contribution in [0.5, 0.6) is 0 Å². The van der Waals surface area contributed by atoms with E-state index in [0.717, 1.165) is 25.7 Å². The smallest absolute Gasteiger partial charge is 0.223 e. The third kappa shape index (κ3) is 5.52. The molecule has 0 heterocycles. The van der Waals surface area contributed by atoms with Crippen LogP contribution in [0.3, 0.4) is 0 Å². The molecule has 3 unspecified atom stereocenters. The van der Waals surface area contributed by atoms with Gasteiger partial charge in [-0.15, -0.1) is 0 Å². The zero-order valence-electron chi connectivity index (χ0n) is 13.5. The van der Waals surface area contributed by atoms with Gasteiger partial charge in [0.1, 0.15) is 0 Å². The molecule has 1 aliphatic carbocycles. The Bertz CT molecular complexity index is 317. The fraction of sp³-hybridized carbons (Fsp3) is 0.938. The van der Waals surface area contributed by atoms with Crippen LogP contribution in [0, 0.1) is 17.3 Å². The molecule has 0 bridgehead atoms. The molecule has 3 atom stereocenters. The van der Waals surface area contributed by atoms with Crippen molar-refractivity contribution in [2.45, 2.75) is 78.8 Å². The molecular weight excluding hydrogens is 236 g/mol. The number of carbonyl (C=O) groups is 1. The topological polar surface area (TPSA) is 55.1 Å². The predicted octanol–water partition coefficient (Wildman–Crippen LogP) is 3.08. The van der Waals surface area contributed by atoms with Gasteiger partial charge in [0.2, 0.25) is 5.91 Å². The van der Waals surface area contributed by atoms with E-state index in [-0.39, 0.29) is 28.8 Å². The van der Waals surface area contributed by atoms with Crippen molar-refractivity contribution in [2.75, 3.05) is 0 Å². The summed E-state index contributed by atoms with van der Waals surface area (Å²) >= 11 is 0. The van der Waals surface area contributed by atoms with Crippen LogP contribution >= 0.6 is 0 Å². The highest BCUT2D eigenvalue weighted by atomic mass is 16.2. The summed E-state index contributed by atoms with van der Waals surface area (Å²) in [5.74, 6) is 0.817. The van der Waals surface area contributed by atoms with Crippen molar-refractivity contribution in [1.82, 2.24) is 5.32 Å². The van der Waals surface area contributed by atoms with Gasteiger partial charge in [-0.2, -0.15) is 0 Å². The normalized spacial score (nSPS) is 29.1. The standard InChI is InChI=1S/C16H32N2O/c1-11-9-12(7-8-13(11)17)14(19)18-16(5,6)10-15(2,3)4/h11-13H,7-10,17H2,1-6H3,(H,18,19). The number of hydrogen-bond acceptors (Lipinski definition) is 2. The monoisotopic (exact) mass is 268 g/mol. The summed E-state index contributed by atoms with van der Waals surface area (Å²) in [6.07, 6.45) is 3.81. The second kappa shape index (κ2) is 5.82. The lowest BCUT2D eigenvalue weighted by molar-refractivity contribution is -0.128. The van der Waals surface area contributed by atoms with Gasteiger partial charge in [0.15, 0.2) is 0 Å². The highest BCUT2D eigenvalue weighted by Crippen LogP contribution is 2.30. The summed E-state index contributed by atoms with van der Waals surface area (Å²) in [6.45, 7) is 13.0. The fourth-order valence-corrected chi connectivity index (χ4v) is 3.46.